The lowest BCUT2D eigenvalue weighted by atomic mass is 10.2. The lowest BCUT2D eigenvalue weighted by Gasteiger charge is -2.09. The van der Waals surface area contributed by atoms with Crippen LogP contribution in [0.15, 0.2) is 24.3 Å². The van der Waals surface area contributed by atoms with Gasteiger partial charge in [-0.1, -0.05) is 19.1 Å². The Bertz CT molecular complexity index is 480. The van der Waals surface area contributed by atoms with E-state index in [1.807, 2.05) is 0 Å². The summed E-state index contributed by atoms with van der Waals surface area (Å²) in [7, 11) is -3.27. The van der Waals surface area contributed by atoms with Crippen molar-refractivity contribution >= 4 is 9.84 Å². The van der Waals surface area contributed by atoms with Crippen LogP contribution in [-0.2, 0) is 15.6 Å². The molecule has 0 saturated carbocycles. The van der Waals surface area contributed by atoms with Gasteiger partial charge in [0.2, 0.25) is 0 Å². The molecule has 0 N–H and O–H groups in total. The van der Waals surface area contributed by atoms with Crippen LogP contribution in [0, 0.1) is 0 Å². The molecule has 0 atom stereocenters. The molecule has 0 aliphatic rings. The second kappa shape index (κ2) is 4.95. The van der Waals surface area contributed by atoms with Crippen LogP contribution in [-0.4, -0.2) is 20.5 Å². The second-order valence-corrected chi connectivity index (χ2v) is 5.72. The van der Waals surface area contributed by atoms with Gasteiger partial charge in [0.15, 0.2) is 9.84 Å². The van der Waals surface area contributed by atoms with Crippen molar-refractivity contribution in [1.82, 2.24) is 0 Å². The summed E-state index contributed by atoms with van der Waals surface area (Å²) in [6, 6.07) is 4.95. The summed E-state index contributed by atoms with van der Waals surface area (Å²) < 4.78 is 62.1. The molecule has 0 fully saturated rings. The molecular formula is C10H11F3O3S. The largest absolute Gasteiger partial charge is 0.573 e. The number of halogens is 3. The number of hydrogen-bond acceptors (Lipinski definition) is 3. The van der Waals surface area contributed by atoms with Crippen LogP contribution in [0.4, 0.5) is 13.2 Å². The average molecular weight is 268 g/mol. The van der Waals surface area contributed by atoms with Gasteiger partial charge in [-0.3, -0.25) is 0 Å². The van der Waals surface area contributed by atoms with Crippen LogP contribution in [0.1, 0.15) is 12.5 Å². The monoisotopic (exact) mass is 268 g/mol. The van der Waals surface area contributed by atoms with Crippen molar-refractivity contribution in [2.75, 3.05) is 5.75 Å². The normalized spacial score (nSPS) is 12.5. The number of sulfone groups is 1. The molecule has 0 radical (unpaired) electrons. The van der Waals surface area contributed by atoms with E-state index in [2.05, 4.69) is 4.74 Å². The molecule has 3 nitrogen and oxygen atoms in total. The molecule has 96 valence electrons. The number of hydrogen-bond donors (Lipinski definition) is 0. The first-order valence-electron chi connectivity index (χ1n) is 4.77. The zero-order valence-electron chi connectivity index (χ0n) is 8.99. The maximum absolute atomic E-state index is 11.9. The van der Waals surface area contributed by atoms with E-state index in [0.29, 0.717) is 0 Å². The number of alkyl halides is 3. The Morgan fingerprint density at radius 1 is 1.29 bits per heavy atom. The summed E-state index contributed by atoms with van der Waals surface area (Å²) in [6.07, 6.45) is -4.78. The van der Waals surface area contributed by atoms with Crippen LogP contribution in [0.5, 0.6) is 5.75 Å². The van der Waals surface area contributed by atoms with E-state index in [0.717, 1.165) is 12.1 Å². The van der Waals surface area contributed by atoms with Gasteiger partial charge in [-0.05, 0) is 17.7 Å². The van der Waals surface area contributed by atoms with E-state index < -0.39 is 21.9 Å². The number of rotatable bonds is 4. The Labute approximate surface area is 97.1 Å². The lowest BCUT2D eigenvalue weighted by molar-refractivity contribution is -0.274. The summed E-state index contributed by atoms with van der Waals surface area (Å²) in [5, 5.41) is 0. The third kappa shape index (κ3) is 5.08. The van der Waals surface area contributed by atoms with Crippen LogP contribution in [0.3, 0.4) is 0 Å². The molecule has 0 amide bonds. The van der Waals surface area contributed by atoms with Gasteiger partial charge in [0.1, 0.15) is 5.75 Å². The molecule has 0 aliphatic carbocycles. The van der Waals surface area contributed by atoms with Crippen molar-refractivity contribution < 1.29 is 26.3 Å². The zero-order chi connectivity index (χ0) is 13.1. The first-order valence-corrected chi connectivity index (χ1v) is 6.59. The van der Waals surface area contributed by atoms with Gasteiger partial charge in [0.25, 0.3) is 0 Å². The highest BCUT2D eigenvalue weighted by atomic mass is 32.2. The predicted molar refractivity (Wildman–Crippen MR) is 56.3 cm³/mol. The Morgan fingerprint density at radius 3 is 2.47 bits per heavy atom. The Balaban J connectivity index is 2.87. The molecule has 0 aromatic heterocycles. The standard InChI is InChI=1S/C10H11F3O3S/c1-2-17(14,15)7-8-4-3-5-9(6-8)16-10(11,12)13/h3-6H,2,7H2,1H3. The van der Waals surface area contributed by atoms with E-state index in [1.165, 1.54) is 19.1 Å². The van der Waals surface area contributed by atoms with E-state index in [4.69, 9.17) is 0 Å². The van der Waals surface area contributed by atoms with Crippen LogP contribution < -0.4 is 4.74 Å². The molecule has 0 heterocycles. The van der Waals surface area contributed by atoms with Crippen LogP contribution >= 0.6 is 0 Å². The third-order valence-electron chi connectivity index (χ3n) is 1.96. The fourth-order valence-corrected chi connectivity index (χ4v) is 2.08. The number of benzene rings is 1. The van der Waals surface area contributed by atoms with Gasteiger partial charge in [-0.25, -0.2) is 8.42 Å². The highest BCUT2D eigenvalue weighted by Crippen LogP contribution is 2.23. The molecule has 0 unspecified atom stereocenters. The minimum Gasteiger partial charge on any atom is -0.406 e. The maximum Gasteiger partial charge on any atom is 0.573 e. The molecule has 17 heavy (non-hydrogen) atoms. The summed E-state index contributed by atoms with van der Waals surface area (Å²) in [5.41, 5.74) is 0.272. The molecule has 7 heteroatoms. The SMILES string of the molecule is CCS(=O)(=O)Cc1cccc(OC(F)(F)F)c1. The Morgan fingerprint density at radius 2 is 1.94 bits per heavy atom. The molecule has 0 aliphatic heterocycles. The van der Waals surface area contributed by atoms with E-state index in [-0.39, 0.29) is 17.1 Å². The molecule has 1 rings (SSSR count). The molecule has 1 aromatic carbocycles. The Hall–Kier alpha value is -1.24. The third-order valence-corrected chi connectivity index (χ3v) is 3.61. The minimum atomic E-state index is -4.78. The summed E-state index contributed by atoms with van der Waals surface area (Å²) in [4.78, 5) is 0. The van der Waals surface area contributed by atoms with Crippen molar-refractivity contribution in [3.8, 4) is 5.75 Å². The average Bonchev–Trinajstić information content (AvgIpc) is 2.14. The fourth-order valence-electron chi connectivity index (χ4n) is 1.19. The zero-order valence-corrected chi connectivity index (χ0v) is 9.81. The van der Waals surface area contributed by atoms with E-state index >= 15 is 0 Å². The maximum atomic E-state index is 11.9. The van der Waals surface area contributed by atoms with E-state index in [9.17, 15) is 21.6 Å². The highest BCUT2D eigenvalue weighted by Gasteiger charge is 2.31. The van der Waals surface area contributed by atoms with Gasteiger partial charge >= 0.3 is 6.36 Å². The van der Waals surface area contributed by atoms with Gasteiger partial charge in [-0.2, -0.15) is 0 Å². The quantitative estimate of drug-likeness (QED) is 0.842. The molecule has 0 bridgehead atoms. The summed E-state index contributed by atoms with van der Waals surface area (Å²) >= 11 is 0. The smallest absolute Gasteiger partial charge is 0.406 e. The molecule has 1 aromatic rings. The topological polar surface area (TPSA) is 43.4 Å². The van der Waals surface area contributed by atoms with Crippen molar-refractivity contribution in [2.45, 2.75) is 19.0 Å². The lowest BCUT2D eigenvalue weighted by Crippen LogP contribution is -2.17. The number of ether oxygens (including phenoxy) is 1. The van der Waals surface area contributed by atoms with Crippen molar-refractivity contribution in [3.63, 3.8) is 0 Å². The molecular weight excluding hydrogens is 257 g/mol. The predicted octanol–water partition coefficient (Wildman–Crippen LogP) is 2.52. The first-order chi connectivity index (χ1) is 7.72. The van der Waals surface area contributed by atoms with Crippen LogP contribution in [0.25, 0.3) is 0 Å². The molecule has 0 saturated heterocycles. The Kier molecular flexibility index (Phi) is 4.03. The van der Waals surface area contributed by atoms with Gasteiger partial charge in [0.05, 0.1) is 5.75 Å². The van der Waals surface area contributed by atoms with Crippen LogP contribution in [0.2, 0.25) is 0 Å². The van der Waals surface area contributed by atoms with Gasteiger partial charge in [-0.15, -0.1) is 13.2 Å². The van der Waals surface area contributed by atoms with Gasteiger partial charge < -0.3 is 4.74 Å². The minimum absolute atomic E-state index is 0.0582. The van der Waals surface area contributed by atoms with Crippen molar-refractivity contribution in [1.29, 1.82) is 0 Å². The fraction of sp³-hybridized carbons (Fsp3) is 0.400. The second-order valence-electron chi connectivity index (χ2n) is 3.37. The summed E-state index contributed by atoms with van der Waals surface area (Å²) in [5.74, 6) is -0.767. The first kappa shape index (κ1) is 13.8. The van der Waals surface area contributed by atoms with Crippen molar-refractivity contribution in [3.05, 3.63) is 29.8 Å². The van der Waals surface area contributed by atoms with Crippen molar-refractivity contribution in [2.24, 2.45) is 0 Å². The molecule has 0 spiro atoms. The summed E-state index contributed by atoms with van der Waals surface area (Å²) in [6.45, 7) is 1.48. The highest BCUT2D eigenvalue weighted by molar-refractivity contribution is 7.90. The van der Waals surface area contributed by atoms with Gasteiger partial charge in [0, 0.05) is 5.75 Å². The van der Waals surface area contributed by atoms with E-state index in [1.54, 1.807) is 0 Å².